The van der Waals surface area contributed by atoms with E-state index in [1.165, 1.54) is 5.56 Å². The fraction of sp³-hybridized carbons (Fsp3) is 0.192. The van der Waals surface area contributed by atoms with Crippen molar-refractivity contribution in [1.82, 2.24) is 14.8 Å². The van der Waals surface area contributed by atoms with Gasteiger partial charge in [-0.25, -0.2) is 9.67 Å². The van der Waals surface area contributed by atoms with Crippen LogP contribution in [-0.4, -0.2) is 32.7 Å². The van der Waals surface area contributed by atoms with Gasteiger partial charge < -0.3 is 9.57 Å². The van der Waals surface area contributed by atoms with Crippen LogP contribution in [0.1, 0.15) is 24.9 Å². The molecule has 0 N–H and O–H groups in total. The maximum atomic E-state index is 6.00. The van der Waals surface area contributed by atoms with Crippen LogP contribution in [0, 0.1) is 0 Å². The fourth-order valence-electron chi connectivity index (χ4n) is 3.91. The van der Waals surface area contributed by atoms with Crippen molar-refractivity contribution in [2.75, 3.05) is 6.61 Å². The zero-order valence-corrected chi connectivity index (χ0v) is 17.8. The molecule has 2 unspecified atom stereocenters. The van der Waals surface area contributed by atoms with Crippen molar-refractivity contribution in [2.24, 2.45) is 5.16 Å². The molecule has 0 bridgehead atoms. The standard InChI is InChI=1S/C26H24N4O2/c1-26(17-31-23-10-6-3-7-11-23)16-24(30-19-27-18-28-30)25(29-32-26)22-14-12-21(13-15-22)20-8-4-2-5-9-20/h2-15,18-19,24H,16-17H2,1H3. The molecule has 160 valence electrons. The summed E-state index contributed by atoms with van der Waals surface area (Å²) >= 11 is 0. The minimum atomic E-state index is -0.597. The molecule has 6 heteroatoms. The number of benzene rings is 3. The Morgan fingerprint density at radius 3 is 2.25 bits per heavy atom. The monoisotopic (exact) mass is 424 g/mol. The lowest BCUT2D eigenvalue weighted by molar-refractivity contribution is -0.0788. The summed E-state index contributed by atoms with van der Waals surface area (Å²) in [7, 11) is 0. The smallest absolute Gasteiger partial charge is 0.171 e. The molecule has 32 heavy (non-hydrogen) atoms. The molecule has 2 atom stereocenters. The fourth-order valence-corrected chi connectivity index (χ4v) is 3.91. The van der Waals surface area contributed by atoms with Crippen LogP contribution < -0.4 is 4.74 Å². The molecule has 1 aromatic heterocycles. The van der Waals surface area contributed by atoms with E-state index in [-0.39, 0.29) is 6.04 Å². The second-order valence-corrected chi connectivity index (χ2v) is 8.16. The van der Waals surface area contributed by atoms with Crippen LogP contribution in [0.15, 0.2) is 103 Å². The van der Waals surface area contributed by atoms with Gasteiger partial charge in [0.05, 0.1) is 0 Å². The normalized spacial score (nSPS) is 20.3. The Morgan fingerprint density at radius 2 is 1.56 bits per heavy atom. The molecule has 0 aliphatic carbocycles. The first-order chi connectivity index (χ1) is 15.7. The van der Waals surface area contributed by atoms with Gasteiger partial charge in [-0.3, -0.25) is 0 Å². The van der Waals surface area contributed by atoms with Crippen molar-refractivity contribution in [3.8, 4) is 16.9 Å². The van der Waals surface area contributed by atoms with Gasteiger partial charge in [-0.1, -0.05) is 78.0 Å². The van der Waals surface area contributed by atoms with Gasteiger partial charge in [0.15, 0.2) is 5.60 Å². The molecular weight excluding hydrogens is 400 g/mol. The van der Waals surface area contributed by atoms with Gasteiger partial charge in [-0.05, 0) is 30.2 Å². The first-order valence-corrected chi connectivity index (χ1v) is 10.6. The summed E-state index contributed by atoms with van der Waals surface area (Å²) in [5.74, 6) is 0.806. The highest BCUT2D eigenvalue weighted by Crippen LogP contribution is 2.34. The second kappa shape index (κ2) is 8.67. The minimum absolute atomic E-state index is 0.113. The van der Waals surface area contributed by atoms with Crippen LogP contribution in [0.3, 0.4) is 0 Å². The van der Waals surface area contributed by atoms with E-state index < -0.39 is 5.60 Å². The molecule has 0 fully saturated rings. The van der Waals surface area contributed by atoms with Crippen molar-refractivity contribution in [3.63, 3.8) is 0 Å². The van der Waals surface area contributed by atoms with Gasteiger partial charge in [0.1, 0.15) is 36.8 Å². The van der Waals surface area contributed by atoms with Crippen LogP contribution >= 0.6 is 0 Å². The average molecular weight is 425 g/mol. The summed E-state index contributed by atoms with van der Waals surface area (Å²) in [6.07, 6.45) is 3.92. The molecule has 0 spiro atoms. The zero-order valence-electron chi connectivity index (χ0n) is 17.8. The lowest BCUT2D eigenvalue weighted by Crippen LogP contribution is -2.43. The molecular formula is C26H24N4O2. The Kier molecular flexibility index (Phi) is 5.42. The van der Waals surface area contributed by atoms with E-state index in [9.17, 15) is 0 Å². The van der Waals surface area contributed by atoms with Gasteiger partial charge in [0, 0.05) is 12.0 Å². The third-order valence-corrected chi connectivity index (χ3v) is 5.64. The number of nitrogens with zero attached hydrogens (tertiary/aromatic N) is 4. The lowest BCUT2D eigenvalue weighted by Gasteiger charge is -2.35. The maximum Gasteiger partial charge on any atom is 0.171 e. The molecule has 6 nitrogen and oxygen atoms in total. The molecule has 1 aliphatic rings. The summed E-state index contributed by atoms with van der Waals surface area (Å²) in [6, 6.07) is 28.3. The predicted molar refractivity (Wildman–Crippen MR) is 124 cm³/mol. The van der Waals surface area contributed by atoms with E-state index in [2.05, 4.69) is 51.6 Å². The SMILES string of the molecule is CC1(COc2ccccc2)CC(n2cncn2)C(c2ccc(-c3ccccc3)cc2)=NO1. The first kappa shape index (κ1) is 20.0. The Bertz CT molecular complexity index is 1180. The zero-order chi connectivity index (χ0) is 21.8. The van der Waals surface area contributed by atoms with Crippen molar-refractivity contribution >= 4 is 5.71 Å². The molecule has 0 amide bonds. The van der Waals surface area contributed by atoms with Crippen LogP contribution in [0.5, 0.6) is 5.75 Å². The van der Waals surface area contributed by atoms with Gasteiger partial charge in [0.25, 0.3) is 0 Å². The van der Waals surface area contributed by atoms with Crippen molar-refractivity contribution in [1.29, 1.82) is 0 Å². The van der Waals surface area contributed by atoms with E-state index in [4.69, 9.17) is 9.57 Å². The van der Waals surface area contributed by atoms with E-state index in [1.807, 2.05) is 60.1 Å². The molecule has 4 aromatic rings. The topological polar surface area (TPSA) is 61.5 Å². The van der Waals surface area contributed by atoms with E-state index in [0.29, 0.717) is 13.0 Å². The van der Waals surface area contributed by atoms with Crippen LogP contribution in [0.2, 0.25) is 0 Å². The third-order valence-electron chi connectivity index (χ3n) is 5.64. The summed E-state index contributed by atoms with van der Waals surface area (Å²) in [5, 5.41) is 8.95. The lowest BCUT2D eigenvalue weighted by atomic mass is 9.90. The number of oxime groups is 1. The van der Waals surface area contributed by atoms with E-state index >= 15 is 0 Å². The summed E-state index contributed by atoms with van der Waals surface area (Å²) in [5.41, 5.74) is 3.56. The van der Waals surface area contributed by atoms with Crippen LogP contribution in [-0.2, 0) is 4.84 Å². The molecule has 5 rings (SSSR count). The van der Waals surface area contributed by atoms with E-state index in [0.717, 1.165) is 22.6 Å². The summed E-state index contributed by atoms with van der Waals surface area (Å²) in [4.78, 5) is 10.1. The number of hydrogen-bond donors (Lipinski definition) is 0. The molecule has 0 radical (unpaired) electrons. The molecule has 0 saturated carbocycles. The number of ether oxygens (including phenoxy) is 1. The summed E-state index contributed by atoms with van der Waals surface area (Å²) in [6.45, 7) is 2.39. The third kappa shape index (κ3) is 4.25. The quantitative estimate of drug-likeness (QED) is 0.430. The largest absolute Gasteiger partial charge is 0.489 e. The second-order valence-electron chi connectivity index (χ2n) is 8.16. The highest BCUT2D eigenvalue weighted by atomic mass is 16.7. The van der Waals surface area contributed by atoms with Crippen molar-refractivity contribution in [2.45, 2.75) is 25.0 Å². The highest BCUT2D eigenvalue weighted by molar-refractivity contribution is 6.03. The Morgan fingerprint density at radius 1 is 0.906 bits per heavy atom. The highest BCUT2D eigenvalue weighted by Gasteiger charge is 2.39. The number of para-hydroxylation sites is 1. The number of aromatic nitrogens is 3. The van der Waals surface area contributed by atoms with Gasteiger partial charge in [-0.15, -0.1) is 0 Å². The molecule has 3 aromatic carbocycles. The number of hydrogen-bond acceptors (Lipinski definition) is 5. The van der Waals surface area contributed by atoms with Crippen LogP contribution in [0.25, 0.3) is 11.1 Å². The predicted octanol–water partition coefficient (Wildman–Crippen LogP) is 5.15. The average Bonchev–Trinajstić information content (AvgIpc) is 3.39. The number of rotatable bonds is 6. The molecule has 2 heterocycles. The maximum absolute atomic E-state index is 6.00. The first-order valence-electron chi connectivity index (χ1n) is 10.6. The van der Waals surface area contributed by atoms with Crippen molar-refractivity contribution < 1.29 is 9.57 Å². The Balaban J connectivity index is 1.41. The summed E-state index contributed by atoms with van der Waals surface area (Å²) < 4.78 is 7.82. The van der Waals surface area contributed by atoms with Gasteiger partial charge in [-0.2, -0.15) is 5.10 Å². The molecule has 0 saturated heterocycles. The molecule has 1 aliphatic heterocycles. The Hall–Kier alpha value is -3.93. The van der Waals surface area contributed by atoms with Crippen molar-refractivity contribution in [3.05, 3.63) is 103 Å². The van der Waals surface area contributed by atoms with Gasteiger partial charge >= 0.3 is 0 Å². The Labute approximate surface area is 187 Å². The minimum Gasteiger partial charge on any atom is -0.489 e. The van der Waals surface area contributed by atoms with E-state index in [1.54, 1.807) is 12.7 Å². The van der Waals surface area contributed by atoms with Gasteiger partial charge in [0.2, 0.25) is 0 Å². The van der Waals surface area contributed by atoms with Crippen LogP contribution in [0.4, 0.5) is 0 Å².